The smallest absolute Gasteiger partial charge is 0.310 e. The normalized spacial score (nSPS) is 14.3. The fraction of sp³-hybridized carbons (Fsp3) is 0.500. The lowest BCUT2D eigenvalue weighted by Crippen LogP contribution is -2.07. The second-order valence-corrected chi connectivity index (χ2v) is 4.35. The van der Waals surface area contributed by atoms with E-state index in [1.54, 1.807) is 20.1 Å². The van der Waals surface area contributed by atoms with E-state index in [2.05, 4.69) is 0 Å². The first-order chi connectivity index (χ1) is 8.06. The Bertz CT molecular complexity index is 380. The lowest BCUT2D eigenvalue weighted by atomic mass is 10.00. The van der Waals surface area contributed by atoms with Crippen LogP contribution in [0.2, 0.25) is 0 Å². The molecule has 0 aromatic heterocycles. The molecule has 17 heavy (non-hydrogen) atoms. The molecule has 1 atom stereocenters. The maximum absolute atomic E-state index is 10.7. The van der Waals surface area contributed by atoms with Gasteiger partial charge in [0.15, 0.2) is 0 Å². The molecule has 1 fully saturated rings. The summed E-state index contributed by atoms with van der Waals surface area (Å²) >= 11 is 0. The Morgan fingerprint density at radius 2 is 1.94 bits per heavy atom. The monoisotopic (exact) mass is 236 g/mol. The number of ether oxygens (including phenoxy) is 1. The van der Waals surface area contributed by atoms with Gasteiger partial charge in [0.2, 0.25) is 0 Å². The van der Waals surface area contributed by atoms with Crippen molar-refractivity contribution in [2.45, 2.75) is 39.0 Å². The second-order valence-electron chi connectivity index (χ2n) is 4.35. The van der Waals surface area contributed by atoms with Crippen LogP contribution in [0.1, 0.15) is 43.2 Å². The molecular weight excluding hydrogens is 216 g/mol. The van der Waals surface area contributed by atoms with E-state index in [9.17, 15) is 4.79 Å². The van der Waals surface area contributed by atoms with Crippen molar-refractivity contribution in [2.75, 3.05) is 7.11 Å². The van der Waals surface area contributed by atoms with E-state index in [1.807, 2.05) is 19.1 Å². The van der Waals surface area contributed by atoms with Crippen LogP contribution in [0.5, 0.6) is 5.75 Å². The first kappa shape index (κ1) is 13.6. The Labute approximate surface area is 102 Å². The van der Waals surface area contributed by atoms with Crippen LogP contribution in [0.3, 0.4) is 0 Å². The highest BCUT2D eigenvalue weighted by atomic mass is 16.5. The Balaban J connectivity index is 0.000000415. The van der Waals surface area contributed by atoms with Gasteiger partial charge in [-0.3, -0.25) is 4.79 Å². The SMILES string of the molecule is C1CC1.COc1cc(C(C)C(=O)O)ccc1C. The molecule has 1 aromatic rings. The largest absolute Gasteiger partial charge is 0.496 e. The minimum atomic E-state index is -0.823. The van der Waals surface area contributed by atoms with Gasteiger partial charge in [-0.15, -0.1) is 0 Å². The van der Waals surface area contributed by atoms with Gasteiger partial charge in [-0.2, -0.15) is 0 Å². The fourth-order valence-corrected chi connectivity index (χ4v) is 1.25. The van der Waals surface area contributed by atoms with E-state index in [0.717, 1.165) is 16.9 Å². The summed E-state index contributed by atoms with van der Waals surface area (Å²) in [5, 5.41) is 8.83. The Kier molecular flexibility index (Phi) is 5.01. The van der Waals surface area contributed by atoms with Gasteiger partial charge < -0.3 is 9.84 Å². The number of carbonyl (C=O) groups is 1. The molecule has 1 unspecified atom stereocenters. The van der Waals surface area contributed by atoms with Crippen LogP contribution in [-0.4, -0.2) is 18.2 Å². The number of aryl methyl sites for hydroxylation is 1. The molecule has 0 heterocycles. The Hall–Kier alpha value is -1.51. The van der Waals surface area contributed by atoms with Crippen LogP contribution in [0.15, 0.2) is 18.2 Å². The van der Waals surface area contributed by atoms with Gasteiger partial charge in [0, 0.05) is 0 Å². The zero-order valence-corrected chi connectivity index (χ0v) is 10.7. The molecule has 2 rings (SSSR count). The van der Waals surface area contributed by atoms with E-state index < -0.39 is 11.9 Å². The molecule has 1 aliphatic rings. The van der Waals surface area contributed by atoms with Gasteiger partial charge >= 0.3 is 5.97 Å². The van der Waals surface area contributed by atoms with E-state index in [-0.39, 0.29) is 0 Å². The average Bonchev–Trinajstić information content (AvgIpc) is 3.16. The van der Waals surface area contributed by atoms with E-state index >= 15 is 0 Å². The van der Waals surface area contributed by atoms with Crippen molar-refractivity contribution in [2.24, 2.45) is 0 Å². The van der Waals surface area contributed by atoms with Gasteiger partial charge in [0.05, 0.1) is 13.0 Å². The lowest BCUT2D eigenvalue weighted by Gasteiger charge is -2.10. The predicted octanol–water partition coefficient (Wildman–Crippen LogP) is 3.36. The first-order valence-corrected chi connectivity index (χ1v) is 5.93. The standard InChI is InChI=1S/C11H14O3.C3H6/c1-7-4-5-9(6-10(7)14-3)8(2)11(12)13;1-2-3-1/h4-6,8H,1-3H3,(H,12,13);1-3H2. The third-order valence-corrected chi connectivity index (χ3v) is 2.66. The van der Waals surface area contributed by atoms with Crippen molar-refractivity contribution >= 4 is 5.97 Å². The van der Waals surface area contributed by atoms with Gasteiger partial charge in [0.1, 0.15) is 5.75 Å². The summed E-state index contributed by atoms with van der Waals surface area (Å²) in [6, 6.07) is 5.46. The number of aliphatic carboxylic acids is 1. The van der Waals surface area contributed by atoms with Crippen LogP contribution in [-0.2, 0) is 4.79 Å². The predicted molar refractivity (Wildman–Crippen MR) is 67.6 cm³/mol. The number of benzene rings is 1. The molecule has 0 bridgehead atoms. The van der Waals surface area contributed by atoms with E-state index in [0.29, 0.717) is 0 Å². The third-order valence-electron chi connectivity index (χ3n) is 2.66. The summed E-state index contributed by atoms with van der Waals surface area (Å²) in [7, 11) is 1.58. The summed E-state index contributed by atoms with van der Waals surface area (Å²) in [4.78, 5) is 10.7. The molecule has 3 heteroatoms. The number of carboxylic acid groups (broad SMARTS) is 1. The van der Waals surface area contributed by atoms with Crippen LogP contribution in [0.25, 0.3) is 0 Å². The molecule has 0 radical (unpaired) electrons. The van der Waals surface area contributed by atoms with Crippen LogP contribution in [0.4, 0.5) is 0 Å². The minimum Gasteiger partial charge on any atom is -0.496 e. The molecule has 1 N–H and O–H groups in total. The highest BCUT2D eigenvalue weighted by Crippen LogP contribution is 2.24. The van der Waals surface area contributed by atoms with E-state index in [4.69, 9.17) is 9.84 Å². The number of rotatable bonds is 3. The lowest BCUT2D eigenvalue weighted by molar-refractivity contribution is -0.138. The third kappa shape index (κ3) is 4.47. The van der Waals surface area contributed by atoms with Gasteiger partial charge in [-0.1, -0.05) is 31.4 Å². The summed E-state index contributed by atoms with van der Waals surface area (Å²) in [5.74, 6) is -0.587. The molecule has 1 aliphatic carbocycles. The minimum absolute atomic E-state index is 0.496. The maximum Gasteiger partial charge on any atom is 0.310 e. The zero-order valence-electron chi connectivity index (χ0n) is 10.7. The maximum atomic E-state index is 10.7. The molecular formula is C14H20O3. The van der Waals surface area contributed by atoms with Crippen molar-refractivity contribution < 1.29 is 14.6 Å². The number of carboxylic acids is 1. The van der Waals surface area contributed by atoms with Crippen molar-refractivity contribution in [3.05, 3.63) is 29.3 Å². The topological polar surface area (TPSA) is 46.5 Å². The molecule has 0 amide bonds. The highest BCUT2D eigenvalue weighted by molar-refractivity contribution is 5.75. The molecule has 0 saturated heterocycles. The molecule has 0 aliphatic heterocycles. The molecule has 0 spiro atoms. The fourth-order valence-electron chi connectivity index (χ4n) is 1.25. The molecule has 1 aromatic carbocycles. The molecule has 94 valence electrons. The van der Waals surface area contributed by atoms with Crippen molar-refractivity contribution in [1.82, 2.24) is 0 Å². The zero-order chi connectivity index (χ0) is 12.8. The number of methoxy groups -OCH3 is 1. The Morgan fingerprint density at radius 1 is 1.35 bits per heavy atom. The van der Waals surface area contributed by atoms with Gasteiger partial charge in [-0.05, 0) is 31.0 Å². The summed E-state index contributed by atoms with van der Waals surface area (Å²) < 4.78 is 5.12. The number of hydrogen-bond acceptors (Lipinski definition) is 2. The average molecular weight is 236 g/mol. The van der Waals surface area contributed by atoms with E-state index in [1.165, 1.54) is 19.3 Å². The highest BCUT2D eigenvalue weighted by Gasteiger charge is 2.14. The Morgan fingerprint density at radius 3 is 2.35 bits per heavy atom. The second kappa shape index (κ2) is 6.28. The molecule has 1 saturated carbocycles. The summed E-state index contributed by atoms with van der Waals surface area (Å²) in [5.41, 5.74) is 1.77. The van der Waals surface area contributed by atoms with Crippen molar-refractivity contribution in [3.63, 3.8) is 0 Å². The van der Waals surface area contributed by atoms with Crippen LogP contribution < -0.4 is 4.74 Å². The van der Waals surface area contributed by atoms with Crippen molar-refractivity contribution in [3.8, 4) is 5.75 Å². The summed E-state index contributed by atoms with van der Waals surface area (Å²) in [6.45, 7) is 3.58. The van der Waals surface area contributed by atoms with Crippen molar-refractivity contribution in [1.29, 1.82) is 0 Å². The quantitative estimate of drug-likeness (QED) is 0.875. The first-order valence-electron chi connectivity index (χ1n) is 5.93. The van der Waals surface area contributed by atoms with Crippen LogP contribution in [0, 0.1) is 6.92 Å². The number of hydrogen-bond donors (Lipinski definition) is 1. The van der Waals surface area contributed by atoms with Gasteiger partial charge in [-0.25, -0.2) is 0 Å². The van der Waals surface area contributed by atoms with Gasteiger partial charge in [0.25, 0.3) is 0 Å². The molecule has 3 nitrogen and oxygen atoms in total. The summed E-state index contributed by atoms with van der Waals surface area (Å²) in [6.07, 6.45) is 4.50. The van der Waals surface area contributed by atoms with Crippen LogP contribution >= 0.6 is 0 Å².